The Morgan fingerprint density at radius 2 is 1.30 bits per heavy atom. The second kappa shape index (κ2) is 8.29. The van der Waals surface area contributed by atoms with Crippen molar-refractivity contribution in [3.05, 3.63) is 103 Å². The molecule has 4 heteroatoms. The summed E-state index contributed by atoms with van der Waals surface area (Å²) in [4.78, 5) is 4.92. The lowest BCUT2D eigenvalue weighted by atomic mass is 10.0. The molecule has 0 spiro atoms. The van der Waals surface area contributed by atoms with Crippen LogP contribution >= 0.6 is 0 Å². The number of hydrogen-bond donors (Lipinski definition) is 0. The summed E-state index contributed by atoms with van der Waals surface area (Å²) in [7, 11) is 0. The van der Waals surface area contributed by atoms with E-state index in [-0.39, 0.29) is 0 Å². The average Bonchev–Trinajstić information content (AvgIpc) is 3.23. The van der Waals surface area contributed by atoms with Crippen LogP contribution in [0.2, 0.25) is 0 Å². The minimum absolute atomic E-state index is 0.782. The fourth-order valence-corrected chi connectivity index (χ4v) is 3.80. The molecule has 0 unspecified atom stereocenters. The van der Waals surface area contributed by atoms with Crippen LogP contribution in [0.15, 0.2) is 97.2 Å². The molecule has 0 aliphatic rings. The topological polar surface area (TPSA) is 43.6 Å². The smallest absolute Gasteiger partial charge is 0.151 e. The molecular weight excluding hydrogens is 368 g/mol. The van der Waals surface area contributed by atoms with Crippen LogP contribution in [-0.4, -0.2) is 19.7 Å². The normalized spacial score (nSPS) is 11.1. The Labute approximate surface area is 175 Å². The molecule has 2 heterocycles. The molecule has 0 bridgehead atoms. The Bertz CT molecular complexity index is 1260. The third-order valence-electron chi connectivity index (χ3n) is 5.30. The van der Waals surface area contributed by atoms with Crippen molar-refractivity contribution >= 4 is 10.9 Å². The first-order chi connectivity index (χ1) is 14.9. The summed E-state index contributed by atoms with van der Waals surface area (Å²) in [6.45, 7) is 0.929. The van der Waals surface area contributed by atoms with E-state index in [2.05, 4.69) is 75.6 Å². The first-order valence-electron chi connectivity index (χ1n) is 10.3. The van der Waals surface area contributed by atoms with Crippen LogP contribution in [0.4, 0.5) is 0 Å². The molecule has 146 valence electrons. The Hall–Kier alpha value is -3.79. The summed E-state index contributed by atoms with van der Waals surface area (Å²) in [6.07, 6.45) is 3.89. The zero-order valence-electron chi connectivity index (χ0n) is 16.6. The van der Waals surface area contributed by atoms with E-state index in [0.29, 0.717) is 0 Å². The fourth-order valence-electron chi connectivity index (χ4n) is 3.80. The lowest BCUT2D eigenvalue weighted by Gasteiger charge is -2.10. The van der Waals surface area contributed by atoms with Crippen LogP contribution in [-0.2, 0) is 13.0 Å². The third-order valence-corrected chi connectivity index (χ3v) is 5.30. The molecular formula is C26H22N4. The van der Waals surface area contributed by atoms with E-state index in [1.54, 1.807) is 0 Å². The summed E-state index contributed by atoms with van der Waals surface area (Å²) < 4.78 is 2.29. The van der Waals surface area contributed by atoms with Gasteiger partial charge in [-0.05, 0) is 23.9 Å². The highest BCUT2D eigenvalue weighted by Gasteiger charge is 2.13. The molecule has 0 radical (unpaired) electrons. The average molecular weight is 390 g/mol. The first-order valence-corrected chi connectivity index (χ1v) is 10.3. The van der Waals surface area contributed by atoms with Crippen LogP contribution in [0.1, 0.15) is 12.2 Å². The van der Waals surface area contributed by atoms with Gasteiger partial charge in [0, 0.05) is 35.8 Å². The summed E-state index contributed by atoms with van der Waals surface area (Å²) in [5, 5.41) is 10.3. The largest absolute Gasteiger partial charge is 0.347 e. The Balaban J connectivity index is 1.40. The summed E-state index contributed by atoms with van der Waals surface area (Å²) in [6, 6.07) is 31.0. The van der Waals surface area contributed by atoms with E-state index in [9.17, 15) is 0 Å². The zero-order chi connectivity index (χ0) is 20.2. The van der Waals surface area contributed by atoms with Crippen molar-refractivity contribution in [2.24, 2.45) is 0 Å². The van der Waals surface area contributed by atoms with Gasteiger partial charge in [-0.1, -0.05) is 78.9 Å². The standard InChI is InChI=1S/C26H22N4/c1-3-11-21(12-4-1)25-26(22-13-5-2-6-14-22)29-28-24(27-25)16-9-18-30-19-17-20-10-7-8-15-23(20)30/h1-8,10-15,17,19H,9,16,18H2. The molecule has 0 saturated carbocycles. The van der Waals surface area contributed by atoms with Gasteiger partial charge in [0.05, 0.1) is 0 Å². The number of rotatable bonds is 6. The number of aryl methyl sites for hydroxylation is 2. The van der Waals surface area contributed by atoms with E-state index >= 15 is 0 Å². The van der Waals surface area contributed by atoms with Crippen molar-refractivity contribution in [1.29, 1.82) is 0 Å². The zero-order valence-corrected chi connectivity index (χ0v) is 16.6. The quantitative estimate of drug-likeness (QED) is 0.368. The molecule has 0 aliphatic carbocycles. The van der Waals surface area contributed by atoms with E-state index in [1.807, 2.05) is 36.4 Å². The van der Waals surface area contributed by atoms with Gasteiger partial charge >= 0.3 is 0 Å². The molecule has 0 atom stereocenters. The second-order valence-corrected chi connectivity index (χ2v) is 7.33. The van der Waals surface area contributed by atoms with Crippen LogP contribution in [0.25, 0.3) is 33.4 Å². The number of hydrogen-bond acceptors (Lipinski definition) is 3. The highest BCUT2D eigenvalue weighted by molar-refractivity contribution is 5.80. The van der Waals surface area contributed by atoms with Gasteiger partial charge in [-0.3, -0.25) is 0 Å². The summed E-state index contributed by atoms with van der Waals surface area (Å²) >= 11 is 0. The maximum absolute atomic E-state index is 4.92. The van der Waals surface area contributed by atoms with Crippen LogP contribution < -0.4 is 0 Å². The van der Waals surface area contributed by atoms with E-state index < -0.39 is 0 Å². The number of aromatic nitrogens is 4. The maximum Gasteiger partial charge on any atom is 0.151 e. The van der Waals surface area contributed by atoms with Crippen molar-refractivity contribution in [1.82, 2.24) is 19.7 Å². The van der Waals surface area contributed by atoms with Gasteiger partial charge in [-0.2, -0.15) is 0 Å². The second-order valence-electron chi connectivity index (χ2n) is 7.33. The summed E-state index contributed by atoms with van der Waals surface area (Å²) in [5.41, 5.74) is 5.06. The lowest BCUT2D eigenvalue weighted by molar-refractivity contribution is 0.640. The van der Waals surface area contributed by atoms with Crippen LogP contribution in [0.3, 0.4) is 0 Å². The minimum atomic E-state index is 0.782. The van der Waals surface area contributed by atoms with E-state index in [0.717, 1.165) is 47.7 Å². The van der Waals surface area contributed by atoms with Gasteiger partial charge in [0.2, 0.25) is 0 Å². The van der Waals surface area contributed by atoms with Crippen LogP contribution in [0.5, 0.6) is 0 Å². The third kappa shape index (κ3) is 3.72. The number of fused-ring (bicyclic) bond motifs is 1. The Morgan fingerprint density at radius 1 is 0.633 bits per heavy atom. The summed E-state index contributed by atoms with van der Waals surface area (Å²) in [5.74, 6) is 0.782. The van der Waals surface area contributed by atoms with Gasteiger partial charge in [0.25, 0.3) is 0 Å². The van der Waals surface area contributed by atoms with Gasteiger partial charge in [-0.25, -0.2) is 4.98 Å². The Morgan fingerprint density at radius 3 is 2.07 bits per heavy atom. The monoisotopic (exact) mass is 390 g/mol. The fraction of sp³-hybridized carbons (Fsp3) is 0.115. The van der Waals surface area contributed by atoms with Crippen molar-refractivity contribution < 1.29 is 0 Å². The highest BCUT2D eigenvalue weighted by atomic mass is 15.2. The number of nitrogens with zero attached hydrogens (tertiary/aromatic N) is 4. The van der Waals surface area contributed by atoms with Crippen molar-refractivity contribution in [3.8, 4) is 22.5 Å². The van der Waals surface area contributed by atoms with Crippen molar-refractivity contribution in [2.45, 2.75) is 19.4 Å². The number of para-hydroxylation sites is 1. The molecule has 0 aliphatic heterocycles. The van der Waals surface area contributed by atoms with Gasteiger partial charge < -0.3 is 4.57 Å². The molecule has 0 fully saturated rings. The first kappa shape index (κ1) is 18.3. The minimum Gasteiger partial charge on any atom is -0.347 e. The van der Waals surface area contributed by atoms with Crippen molar-refractivity contribution in [3.63, 3.8) is 0 Å². The van der Waals surface area contributed by atoms with E-state index in [1.165, 1.54) is 10.9 Å². The maximum atomic E-state index is 4.92. The van der Waals surface area contributed by atoms with Gasteiger partial charge in [-0.15, -0.1) is 10.2 Å². The van der Waals surface area contributed by atoms with Crippen LogP contribution in [0, 0.1) is 0 Å². The SMILES string of the molecule is c1ccc(-c2nnc(CCCn3ccc4ccccc43)nc2-c2ccccc2)cc1. The molecule has 0 amide bonds. The van der Waals surface area contributed by atoms with Gasteiger partial charge in [0.15, 0.2) is 5.82 Å². The molecule has 3 aromatic carbocycles. The van der Waals surface area contributed by atoms with Crippen molar-refractivity contribution in [2.75, 3.05) is 0 Å². The molecule has 0 N–H and O–H groups in total. The lowest BCUT2D eigenvalue weighted by Crippen LogP contribution is -2.05. The molecule has 2 aromatic heterocycles. The molecule has 4 nitrogen and oxygen atoms in total. The molecule has 5 aromatic rings. The molecule has 5 rings (SSSR count). The van der Waals surface area contributed by atoms with E-state index in [4.69, 9.17) is 4.98 Å². The highest BCUT2D eigenvalue weighted by Crippen LogP contribution is 2.28. The number of benzene rings is 3. The molecule has 30 heavy (non-hydrogen) atoms. The van der Waals surface area contributed by atoms with Gasteiger partial charge in [0.1, 0.15) is 11.4 Å². The Kier molecular flexibility index (Phi) is 5.05. The predicted molar refractivity (Wildman–Crippen MR) is 121 cm³/mol. The predicted octanol–water partition coefficient (Wildman–Crippen LogP) is 5.79. The molecule has 0 saturated heterocycles.